The molecule has 6 nitrogen and oxygen atoms in total. The SMILES string of the molecule is COc1ccc(C(O)CN(C)C(=O)CCS(=O)(=O)c2ccccc2)cc1. The number of nitrogens with zero attached hydrogens (tertiary/aromatic N) is 1. The number of carbonyl (C=O) groups excluding carboxylic acids is 1. The van der Waals surface area contributed by atoms with E-state index in [1.165, 1.54) is 17.0 Å². The summed E-state index contributed by atoms with van der Waals surface area (Å²) in [6.45, 7) is 0.0799. The number of methoxy groups -OCH3 is 1. The lowest BCUT2D eigenvalue weighted by atomic mass is 10.1. The van der Waals surface area contributed by atoms with E-state index in [0.29, 0.717) is 11.3 Å². The van der Waals surface area contributed by atoms with E-state index in [1.54, 1.807) is 56.6 Å². The highest BCUT2D eigenvalue weighted by Crippen LogP contribution is 2.18. The van der Waals surface area contributed by atoms with Gasteiger partial charge in [-0.15, -0.1) is 0 Å². The summed E-state index contributed by atoms with van der Waals surface area (Å²) in [5.41, 5.74) is 0.655. The van der Waals surface area contributed by atoms with Gasteiger partial charge in [0.05, 0.1) is 30.4 Å². The molecule has 26 heavy (non-hydrogen) atoms. The van der Waals surface area contributed by atoms with Crippen LogP contribution in [0, 0.1) is 0 Å². The number of aliphatic hydroxyl groups excluding tert-OH is 1. The molecule has 0 saturated carbocycles. The Kier molecular flexibility index (Phi) is 6.76. The van der Waals surface area contributed by atoms with E-state index in [0.717, 1.165) is 0 Å². The molecule has 0 spiro atoms. The summed E-state index contributed by atoms with van der Waals surface area (Å²) < 4.78 is 29.5. The van der Waals surface area contributed by atoms with Gasteiger partial charge < -0.3 is 14.7 Å². The Labute approximate surface area is 153 Å². The van der Waals surface area contributed by atoms with Gasteiger partial charge in [0.2, 0.25) is 5.91 Å². The minimum absolute atomic E-state index is 0.0799. The zero-order chi connectivity index (χ0) is 19.2. The van der Waals surface area contributed by atoms with Gasteiger partial charge in [-0.3, -0.25) is 4.79 Å². The normalized spacial score (nSPS) is 12.4. The molecule has 0 fully saturated rings. The highest BCUT2D eigenvalue weighted by Gasteiger charge is 2.20. The maximum atomic E-state index is 12.2. The van der Waals surface area contributed by atoms with Crippen molar-refractivity contribution in [3.8, 4) is 5.75 Å². The third-order valence-electron chi connectivity index (χ3n) is 4.06. The highest BCUT2D eigenvalue weighted by atomic mass is 32.2. The molecule has 0 heterocycles. The summed E-state index contributed by atoms with van der Waals surface area (Å²) in [5.74, 6) is 0.0762. The molecule has 1 amide bonds. The summed E-state index contributed by atoms with van der Waals surface area (Å²) in [7, 11) is -0.398. The van der Waals surface area contributed by atoms with E-state index in [4.69, 9.17) is 4.74 Å². The van der Waals surface area contributed by atoms with Crippen molar-refractivity contribution in [1.82, 2.24) is 4.90 Å². The smallest absolute Gasteiger partial charge is 0.223 e. The predicted octanol–water partition coefficient (Wildman–Crippen LogP) is 2.05. The highest BCUT2D eigenvalue weighted by molar-refractivity contribution is 7.91. The molecule has 0 radical (unpaired) electrons. The first-order valence-corrected chi connectivity index (χ1v) is 9.82. The molecule has 0 aliphatic heterocycles. The largest absolute Gasteiger partial charge is 0.497 e. The number of hydrogen-bond donors (Lipinski definition) is 1. The maximum absolute atomic E-state index is 12.2. The molecule has 7 heteroatoms. The van der Waals surface area contributed by atoms with Crippen molar-refractivity contribution in [3.05, 3.63) is 60.2 Å². The fourth-order valence-electron chi connectivity index (χ4n) is 2.45. The minimum Gasteiger partial charge on any atom is -0.497 e. The van der Waals surface area contributed by atoms with Crippen molar-refractivity contribution in [2.45, 2.75) is 17.4 Å². The van der Waals surface area contributed by atoms with Gasteiger partial charge in [0, 0.05) is 13.5 Å². The number of ether oxygens (including phenoxy) is 1. The average Bonchev–Trinajstić information content (AvgIpc) is 2.66. The molecule has 0 saturated heterocycles. The third-order valence-corrected chi connectivity index (χ3v) is 5.79. The molecule has 0 bridgehead atoms. The van der Waals surface area contributed by atoms with Crippen molar-refractivity contribution in [2.24, 2.45) is 0 Å². The Hall–Kier alpha value is -2.38. The Morgan fingerprint density at radius 3 is 2.31 bits per heavy atom. The zero-order valence-corrected chi connectivity index (χ0v) is 15.6. The molecule has 1 unspecified atom stereocenters. The molecule has 140 valence electrons. The van der Waals surface area contributed by atoms with Gasteiger partial charge in [-0.25, -0.2) is 8.42 Å². The lowest BCUT2D eigenvalue weighted by Gasteiger charge is -2.21. The third kappa shape index (κ3) is 5.31. The molecule has 0 aliphatic carbocycles. The summed E-state index contributed by atoms with van der Waals surface area (Å²) in [6.07, 6.45) is -0.996. The Morgan fingerprint density at radius 1 is 1.12 bits per heavy atom. The van der Waals surface area contributed by atoms with Gasteiger partial charge in [0.15, 0.2) is 9.84 Å². The Balaban J connectivity index is 1.90. The van der Waals surface area contributed by atoms with Gasteiger partial charge in [0.25, 0.3) is 0 Å². The van der Waals surface area contributed by atoms with Gasteiger partial charge >= 0.3 is 0 Å². The second-order valence-electron chi connectivity index (χ2n) is 5.95. The Bertz CT molecular complexity index is 819. The van der Waals surface area contributed by atoms with Crippen LogP contribution in [0.15, 0.2) is 59.5 Å². The fourth-order valence-corrected chi connectivity index (χ4v) is 3.70. The first-order valence-electron chi connectivity index (χ1n) is 8.17. The number of sulfone groups is 1. The molecule has 2 aromatic carbocycles. The van der Waals surface area contributed by atoms with E-state index < -0.39 is 15.9 Å². The van der Waals surface area contributed by atoms with Crippen molar-refractivity contribution in [2.75, 3.05) is 26.5 Å². The predicted molar refractivity (Wildman–Crippen MR) is 98.7 cm³/mol. The first-order chi connectivity index (χ1) is 12.3. The molecule has 2 aromatic rings. The van der Waals surface area contributed by atoms with Crippen LogP contribution in [0.3, 0.4) is 0 Å². The van der Waals surface area contributed by atoms with Gasteiger partial charge in [-0.05, 0) is 29.8 Å². The fraction of sp³-hybridized carbons (Fsp3) is 0.316. The average molecular weight is 377 g/mol. The summed E-state index contributed by atoms with van der Waals surface area (Å²) in [5, 5.41) is 10.3. The van der Waals surface area contributed by atoms with E-state index in [1.807, 2.05) is 0 Å². The van der Waals surface area contributed by atoms with Crippen LogP contribution in [0.5, 0.6) is 5.75 Å². The molecular weight excluding hydrogens is 354 g/mol. The van der Waals surface area contributed by atoms with Crippen LogP contribution >= 0.6 is 0 Å². The van der Waals surface area contributed by atoms with Gasteiger partial charge in [-0.1, -0.05) is 30.3 Å². The second kappa shape index (κ2) is 8.82. The standard InChI is InChI=1S/C19H23NO5S/c1-20(14-18(21)15-8-10-16(25-2)11-9-15)19(22)12-13-26(23,24)17-6-4-3-5-7-17/h3-11,18,21H,12-14H2,1-2H3. The minimum atomic E-state index is -3.50. The number of benzene rings is 2. The van der Waals surface area contributed by atoms with Crippen LogP contribution in [0.1, 0.15) is 18.1 Å². The van der Waals surface area contributed by atoms with Crippen molar-refractivity contribution in [3.63, 3.8) is 0 Å². The number of likely N-dealkylation sites (N-methyl/N-ethyl adjacent to an activating group) is 1. The van der Waals surface area contributed by atoms with E-state index in [9.17, 15) is 18.3 Å². The van der Waals surface area contributed by atoms with Crippen LogP contribution in [-0.2, 0) is 14.6 Å². The summed E-state index contributed by atoms with van der Waals surface area (Å²) >= 11 is 0. The van der Waals surface area contributed by atoms with Crippen LogP contribution in [0.2, 0.25) is 0 Å². The topological polar surface area (TPSA) is 83.9 Å². The first kappa shape index (κ1) is 19.9. The summed E-state index contributed by atoms with van der Waals surface area (Å²) in [4.78, 5) is 13.8. The van der Waals surface area contributed by atoms with Crippen molar-refractivity contribution < 1.29 is 23.1 Å². The van der Waals surface area contributed by atoms with E-state index in [2.05, 4.69) is 0 Å². The summed E-state index contributed by atoms with van der Waals surface area (Å²) in [6, 6.07) is 15.0. The maximum Gasteiger partial charge on any atom is 0.223 e. The Morgan fingerprint density at radius 2 is 1.73 bits per heavy atom. The molecule has 2 rings (SSSR count). The molecule has 0 aliphatic rings. The molecular formula is C19H23NO5S. The van der Waals surface area contributed by atoms with Crippen LogP contribution in [0.25, 0.3) is 0 Å². The van der Waals surface area contributed by atoms with E-state index in [-0.39, 0.29) is 29.5 Å². The monoisotopic (exact) mass is 377 g/mol. The quantitative estimate of drug-likeness (QED) is 0.761. The number of hydrogen-bond acceptors (Lipinski definition) is 5. The van der Waals surface area contributed by atoms with Crippen molar-refractivity contribution in [1.29, 1.82) is 0 Å². The lowest BCUT2D eigenvalue weighted by Crippen LogP contribution is -2.32. The molecule has 0 aromatic heterocycles. The van der Waals surface area contributed by atoms with Crippen LogP contribution < -0.4 is 4.74 Å². The second-order valence-corrected chi connectivity index (χ2v) is 8.05. The number of aliphatic hydroxyl groups is 1. The van der Waals surface area contributed by atoms with Crippen molar-refractivity contribution >= 4 is 15.7 Å². The lowest BCUT2D eigenvalue weighted by molar-refractivity contribution is -0.130. The molecule has 1 atom stereocenters. The number of rotatable bonds is 8. The van der Waals surface area contributed by atoms with Gasteiger partial charge in [-0.2, -0.15) is 0 Å². The van der Waals surface area contributed by atoms with Gasteiger partial charge in [0.1, 0.15) is 5.75 Å². The van der Waals surface area contributed by atoms with Crippen LogP contribution in [0.4, 0.5) is 0 Å². The zero-order valence-electron chi connectivity index (χ0n) is 14.8. The number of amides is 1. The number of carbonyl (C=O) groups is 1. The van der Waals surface area contributed by atoms with E-state index >= 15 is 0 Å². The molecule has 1 N–H and O–H groups in total. The van der Waals surface area contributed by atoms with Crippen LogP contribution in [-0.4, -0.2) is 50.8 Å².